The van der Waals surface area contributed by atoms with Gasteiger partial charge in [0.25, 0.3) is 18.4 Å². The van der Waals surface area contributed by atoms with Crippen LogP contribution in [0.5, 0.6) is 0 Å². The largest absolute Gasteiger partial charge is 0.421 e. The Morgan fingerprint density at radius 3 is 1.35 bits per heavy atom. The average molecular weight is 385 g/mol. The molecule has 2 N–H and O–H groups in total. The molecule has 0 heterocycles. The van der Waals surface area contributed by atoms with Gasteiger partial charge in [0.1, 0.15) is 0 Å². The standard InChI is InChI=1S/C14H14OSi.C6H6O3S/c1-2-16(15,13-9-5-3-6-10-13)14-11-7-4-8-12-14;7-10(8,9)6-4-2-1-3-5-6/h2-12,15H,1H2;1-5H,(H,7,8,9). The molecule has 0 aromatic heterocycles. The van der Waals surface area contributed by atoms with Crippen LogP contribution in [0.2, 0.25) is 0 Å². The molecular formula is C20H20O4SSi. The van der Waals surface area contributed by atoms with E-state index in [0.29, 0.717) is 0 Å². The Hall–Kier alpha value is -2.51. The van der Waals surface area contributed by atoms with E-state index in [0.717, 1.165) is 10.4 Å². The van der Waals surface area contributed by atoms with Gasteiger partial charge in [-0.15, -0.1) is 6.58 Å². The molecule has 0 spiro atoms. The first-order valence-electron chi connectivity index (χ1n) is 7.87. The molecule has 0 unspecified atom stereocenters. The van der Waals surface area contributed by atoms with E-state index in [1.54, 1.807) is 23.9 Å². The van der Waals surface area contributed by atoms with Gasteiger partial charge in [0, 0.05) is 0 Å². The van der Waals surface area contributed by atoms with Crippen molar-refractivity contribution in [2.75, 3.05) is 0 Å². The predicted molar refractivity (Wildman–Crippen MR) is 107 cm³/mol. The maximum atomic E-state index is 10.8. The molecule has 0 saturated heterocycles. The molecule has 0 saturated carbocycles. The quantitative estimate of drug-likeness (QED) is 0.535. The van der Waals surface area contributed by atoms with Crippen LogP contribution in [-0.2, 0) is 10.1 Å². The maximum Gasteiger partial charge on any atom is 0.294 e. The van der Waals surface area contributed by atoms with Crippen molar-refractivity contribution in [1.82, 2.24) is 0 Å². The molecule has 0 aliphatic heterocycles. The van der Waals surface area contributed by atoms with Crippen molar-refractivity contribution in [1.29, 1.82) is 0 Å². The van der Waals surface area contributed by atoms with Crippen LogP contribution < -0.4 is 10.4 Å². The van der Waals surface area contributed by atoms with Gasteiger partial charge in [-0.3, -0.25) is 4.55 Å². The van der Waals surface area contributed by atoms with Crippen LogP contribution in [-0.4, -0.2) is 26.1 Å². The molecule has 4 nitrogen and oxygen atoms in total. The first-order valence-corrected chi connectivity index (χ1v) is 11.3. The minimum absolute atomic E-state index is 0.0741. The van der Waals surface area contributed by atoms with Crippen molar-refractivity contribution in [3.63, 3.8) is 0 Å². The minimum Gasteiger partial charge on any atom is -0.421 e. The Kier molecular flexibility index (Phi) is 6.65. The van der Waals surface area contributed by atoms with E-state index in [-0.39, 0.29) is 4.90 Å². The highest BCUT2D eigenvalue weighted by Gasteiger charge is 2.31. The molecule has 26 heavy (non-hydrogen) atoms. The van der Waals surface area contributed by atoms with Crippen LogP contribution in [0, 0.1) is 0 Å². The Labute approximate surface area is 155 Å². The fourth-order valence-corrected chi connectivity index (χ4v) is 5.09. The topological polar surface area (TPSA) is 74.6 Å². The van der Waals surface area contributed by atoms with Crippen LogP contribution >= 0.6 is 0 Å². The molecule has 134 valence electrons. The summed E-state index contributed by atoms with van der Waals surface area (Å²) < 4.78 is 29.2. The van der Waals surface area contributed by atoms with Crippen molar-refractivity contribution in [3.8, 4) is 0 Å². The molecule has 0 amide bonds. The highest BCUT2D eigenvalue weighted by Crippen LogP contribution is 2.05. The monoisotopic (exact) mass is 384 g/mol. The van der Waals surface area contributed by atoms with Gasteiger partial charge in [0.15, 0.2) is 0 Å². The van der Waals surface area contributed by atoms with Crippen LogP contribution in [0.4, 0.5) is 0 Å². The van der Waals surface area contributed by atoms with E-state index in [1.807, 2.05) is 60.7 Å². The average Bonchev–Trinajstić information content (AvgIpc) is 2.69. The zero-order chi connectivity index (χ0) is 19.0. The molecule has 0 bridgehead atoms. The van der Waals surface area contributed by atoms with E-state index in [1.165, 1.54) is 12.1 Å². The fraction of sp³-hybridized carbons (Fsp3) is 0. The second kappa shape index (κ2) is 8.73. The van der Waals surface area contributed by atoms with Gasteiger partial charge in [-0.05, 0) is 22.5 Å². The van der Waals surface area contributed by atoms with E-state index in [4.69, 9.17) is 4.55 Å². The third kappa shape index (κ3) is 5.00. The van der Waals surface area contributed by atoms with Gasteiger partial charge in [-0.1, -0.05) is 84.6 Å². The molecule has 3 aromatic rings. The highest BCUT2D eigenvalue weighted by atomic mass is 32.2. The lowest BCUT2D eigenvalue weighted by molar-refractivity contribution is 0.483. The Morgan fingerprint density at radius 1 is 0.731 bits per heavy atom. The minimum atomic E-state index is -4.00. The Balaban J connectivity index is 0.000000209. The number of benzene rings is 3. The Bertz CT molecular complexity index is 888. The molecule has 3 aromatic carbocycles. The molecule has 0 atom stereocenters. The lowest BCUT2D eigenvalue weighted by atomic mass is 10.4. The summed E-state index contributed by atoms with van der Waals surface area (Å²) in [6.45, 7) is 3.80. The van der Waals surface area contributed by atoms with Crippen LogP contribution in [0.25, 0.3) is 0 Å². The van der Waals surface area contributed by atoms with Gasteiger partial charge >= 0.3 is 0 Å². The van der Waals surface area contributed by atoms with E-state index in [9.17, 15) is 13.2 Å². The third-order valence-corrected chi connectivity index (χ3v) is 7.65. The van der Waals surface area contributed by atoms with Crippen molar-refractivity contribution < 1.29 is 17.8 Å². The number of rotatable bonds is 4. The second-order valence-electron chi connectivity index (χ2n) is 5.49. The van der Waals surface area contributed by atoms with Crippen LogP contribution in [0.1, 0.15) is 0 Å². The second-order valence-corrected chi connectivity index (χ2v) is 10.0. The normalized spacial score (nSPS) is 11.2. The number of hydrogen-bond acceptors (Lipinski definition) is 3. The SMILES string of the molecule is C=C[Si](O)(c1ccccc1)c1ccccc1.O=S(=O)(O)c1ccccc1. The zero-order valence-corrected chi connectivity index (χ0v) is 15.9. The molecule has 0 aliphatic carbocycles. The molecule has 6 heteroatoms. The summed E-state index contributed by atoms with van der Waals surface area (Å²) in [5.74, 6) is 0. The zero-order valence-electron chi connectivity index (χ0n) is 14.1. The molecule has 0 radical (unpaired) electrons. The molecule has 0 fully saturated rings. The Morgan fingerprint density at radius 2 is 1.08 bits per heavy atom. The summed E-state index contributed by atoms with van der Waals surface area (Å²) in [5, 5.41) is 1.94. The van der Waals surface area contributed by atoms with Crippen molar-refractivity contribution >= 4 is 28.8 Å². The lowest BCUT2D eigenvalue weighted by Crippen LogP contribution is -2.57. The summed E-state index contributed by atoms with van der Waals surface area (Å²) in [7, 11) is -6.71. The number of hydrogen-bond donors (Lipinski definition) is 2. The van der Waals surface area contributed by atoms with E-state index < -0.39 is 18.4 Å². The third-order valence-electron chi connectivity index (χ3n) is 3.76. The van der Waals surface area contributed by atoms with Crippen molar-refractivity contribution in [3.05, 3.63) is 103 Å². The highest BCUT2D eigenvalue weighted by molar-refractivity contribution is 7.85. The van der Waals surface area contributed by atoms with Crippen molar-refractivity contribution in [2.24, 2.45) is 0 Å². The fourth-order valence-electron chi connectivity index (χ4n) is 2.38. The smallest absolute Gasteiger partial charge is 0.294 e. The van der Waals surface area contributed by atoms with Crippen LogP contribution in [0.3, 0.4) is 0 Å². The predicted octanol–water partition coefficient (Wildman–Crippen LogP) is 2.40. The van der Waals surface area contributed by atoms with Gasteiger partial charge in [-0.2, -0.15) is 8.42 Å². The van der Waals surface area contributed by atoms with Gasteiger partial charge in [0.05, 0.1) is 4.90 Å². The van der Waals surface area contributed by atoms with E-state index in [2.05, 4.69) is 6.58 Å². The molecular weight excluding hydrogens is 364 g/mol. The maximum absolute atomic E-state index is 10.8. The summed E-state index contributed by atoms with van der Waals surface area (Å²) >= 11 is 0. The summed E-state index contributed by atoms with van der Waals surface area (Å²) in [5.41, 5.74) is 1.71. The first kappa shape index (κ1) is 19.8. The summed E-state index contributed by atoms with van der Waals surface area (Å²) in [6.07, 6.45) is 0. The summed E-state index contributed by atoms with van der Waals surface area (Å²) in [4.78, 5) is 10.7. The van der Waals surface area contributed by atoms with Crippen molar-refractivity contribution in [2.45, 2.75) is 4.90 Å². The molecule has 3 rings (SSSR count). The summed E-state index contributed by atoms with van der Waals surface area (Å²) in [6, 6.07) is 26.9. The van der Waals surface area contributed by atoms with Gasteiger partial charge < -0.3 is 4.80 Å². The van der Waals surface area contributed by atoms with E-state index >= 15 is 0 Å². The lowest BCUT2D eigenvalue weighted by Gasteiger charge is -2.21. The molecule has 0 aliphatic rings. The van der Waals surface area contributed by atoms with Gasteiger partial charge in [-0.25, -0.2) is 0 Å². The van der Waals surface area contributed by atoms with Gasteiger partial charge in [0.2, 0.25) is 0 Å². The first-order chi connectivity index (χ1) is 12.4. The van der Waals surface area contributed by atoms with Crippen LogP contribution in [0.15, 0.2) is 108 Å².